The van der Waals surface area contributed by atoms with E-state index in [0.717, 1.165) is 36.0 Å². The standard InChI is InChI=1S/C17H17F3N6O/c1-25-10-23-14-15(25)21-9-22-16(14)26-6-5-11(7-26)8-27-13-4-2-3-12(24-13)17(18,19)20/h2-4,9-11H,5-8H2,1H3. The average molecular weight is 378 g/mol. The molecule has 1 unspecified atom stereocenters. The maximum atomic E-state index is 12.7. The zero-order valence-electron chi connectivity index (χ0n) is 14.5. The van der Waals surface area contributed by atoms with E-state index in [0.29, 0.717) is 13.2 Å². The maximum Gasteiger partial charge on any atom is 0.433 e. The molecule has 4 heterocycles. The van der Waals surface area contributed by atoms with E-state index < -0.39 is 11.9 Å². The number of pyridine rings is 1. The van der Waals surface area contributed by atoms with Gasteiger partial charge in [0.2, 0.25) is 5.88 Å². The predicted octanol–water partition coefficient (Wildman–Crippen LogP) is 2.68. The number of anilines is 1. The highest BCUT2D eigenvalue weighted by molar-refractivity contribution is 5.83. The van der Waals surface area contributed by atoms with Crippen LogP contribution in [-0.4, -0.2) is 44.2 Å². The zero-order valence-corrected chi connectivity index (χ0v) is 14.5. The van der Waals surface area contributed by atoms with E-state index in [4.69, 9.17) is 4.74 Å². The van der Waals surface area contributed by atoms with Gasteiger partial charge in [0.05, 0.1) is 12.9 Å². The summed E-state index contributed by atoms with van der Waals surface area (Å²) in [5.41, 5.74) is 0.542. The molecule has 0 N–H and O–H groups in total. The summed E-state index contributed by atoms with van der Waals surface area (Å²) in [7, 11) is 1.87. The summed E-state index contributed by atoms with van der Waals surface area (Å²) in [6, 6.07) is 3.66. The van der Waals surface area contributed by atoms with Gasteiger partial charge in [-0.1, -0.05) is 6.07 Å². The highest BCUT2D eigenvalue weighted by atomic mass is 19.4. The molecule has 0 bridgehead atoms. The van der Waals surface area contributed by atoms with Crippen molar-refractivity contribution in [1.82, 2.24) is 24.5 Å². The van der Waals surface area contributed by atoms with Crippen LogP contribution in [0.4, 0.5) is 19.0 Å². The molecule has 1 aliphatic rings. The molecule has 1 fully saturated rings. The van der Waals surface area contributed by atoms with Crippen LogP contribution in [0.1, 0.15) is 12.1 Å². The molecule has 27 heavy (non-hydrogen) atoms. The van der Waals surface area contributed by atoms with Gasteiger partial charge in [0.15, 0.2) is 17.0 Å². The molecule has 0 aliphatic carbocycles. The van der Waals surface area contributed by atoms with Crippen LogP contribution in [0.15, 0.2) is 30.9 Å². The van der Waals surface area contributed by atoms with Crippen LogP contribution >= 0.6 is 0 Å². The molecular formula is C17H17F3N6O. The molecule has 3 aromatic rings. The monoisotopic (exact) mass is 378 g/mol. The normalized spacial score (nSPS) is 17.6. The van der Waals surface area contributed by atoms with Crippen molar-refractivity contribution in [2.24, 2.45) is 13.0 Å². The van der Waals surface area contributed by atoms with Gasteiger partial charge in [-0.25, -0.2) is 19.9 Å². The molecule has 0 radical (unpaired) electrons. The third-order valence-corrected chi connectivity index (χ3v) is 4.54. The molecule has 0 amide bonds. The van der Waals surface area contributed by atoms with E-state index in [-0.39, 0.29) is 11.8 Å². The van der Waals surface area contributed by atoms with Crippen LogP contribution in [0.25, 0.3) is 11.2 Å². The Morgan fingerprint density at radius 1 is 1.22 bits per heavy atom. The Balaban J connectivity index is 1.42. The van der Waals surface area contributed by atoms with E-state index in [1.54, 1.807) is 6.33 Å². The highest BCUT2D eigenvalue weighted by Gasteiger charge is 2.33. The second kappa shape index (κ2) is 6.67. The lowest BCUT2D eigenvalue weighted by Gasteiger charge is -2.17. The number of nitrogens with zero attached hydrogens (tertiary/aromatic N) is 6. The summed E-state index contributed by atoms with van der Waals surface area (Å²) in [5, 5.41) is 0. The molecule has 10 heteroatoms. The summed E-state index contributed by atoms with van der Waals surface area (Å²) >= 11 is 0. The molecule has 0 aromatic carbocycles. The van der Waals surface area contributed by atoms with Gasteiger partial charge in [-0.15, -0.1) is 0 Å². The van der Waals surface area contributed by atoms with Gasteiger partial charge in [-0.3, -0.25) is 0 Å². The SMILES string of the molecule is Cn1cnc2c(N3CCC(COc4cccc(C(F)(F)F)n4)C3)ncnc21. The fourth-order valence-electron chi connectivity index (χ4n) is 3.18. The first-order valence-electron chi connectivity index (χ1n) is 8.46. The molecule has 7 nitrogen and oxygen atoms in total. The summed E-state index contributed by atoms with van der Waals surface area (Å²) in [6.07, 6.45) is -0.434. The lowest BCUT2D eigenvalue weighted by molar-refractivity contribution is -0.141. The van der Waals surface area contributed by atoms with E-state index in [1.807, 2.05) is 11.6 Å². The number of imidazole rings is 1. The smallest absolute Gasteiger partial charge is 0.433 e. The number of alkyl halides is 3. The minimum atomic E-state index is -4.48. The molecule has 0 saturated carbocycles. The molecule has 1 aliphatic heterocycles. The van der Waals surface area contributed by atoms with Gasteiger partial charge in [-0.2, -0.15) is 13.2 Å². The van der Waals surface area contributed by atoms with Gasteiger partial charge >= 0.3 is 6.18 Å². The number of halogens is 3. The van der Waals surface area contributed by atoms with Crippen LogP contribution in [0.2, 0.25) is 0 Å². The number of aryl methyl sites for hydroxylation is 1. The third-order valence-electron chi connectivity index (χ3n) is 4.54. The van der Waals surface area contributed by atoms with Crippen LogP contribution in [0, 0.1) is 5.92 Å². The molecule has 1 saturated heterocycles. The van der Waals surface area contributed by atoms with Crippen LogP contribution in [0.5, 0.6) is 5.88 Å². The Kier molecular flexibility index (Phi) is 4.33. The quantitative estimate of drug-likeness (QED) is 0.695. The second-order valence-electron chi connectivity index (χ2n) is 6.50. The van der Waals surface area contributed by atoms with Crippen molar-refractivity contribution >= 4 is 17.0 Å². The van der Waals surface area contributed by atoms with Crippen molar-refractivity contribution in [3.05, 3.63) is 36.5 Å². The van der Waals surface area contributed by atoms with E-state index >= 15 is 0 Å². The van der Waals surface area contributed by atoms with Crippen molar-refractivity contribution in [3.8, 4) is 5.88 Å². The van der Waals surface area contributed by atoms with Crippen molar-refractivity contribution in [2.45, 2.75) is 12.6 Å². The van der Waals surface area contributed by atoms with Crippen LogP contribution < -0.4 is 9.64 Å². The zero-order chi connectivity index (χ0) is 19.0. The minimum absolute atomic E-state index is 0.0163. The molecular weight excluding hydrogens is 361 g/mol. The first kappa shape index (κ1) is 17.5. The van der Waals surface area contributed by atoms with Crippen molar-refractivity contribution in [2.75, 3.05) is 24.6 Å². The summed E-state index contributed by atoms with van der Waals surface area (Å²) in [5.74, 6) is 0.910. The summed E-state index contributed by atoms with van der Waals surface area (Å²) < 4.78 is 45.5. The molecule has 0 spiro atoms. The van der Waals surface area contributed by atoms with Gasteiger partial charge in [0.1, 0.15) is 12.0 Å². The fourth-order valence-corrected chi connectivity index (χ4v) is 3.18. The van der Waals surface area contributed by atoms with E-state index in [9.17, 15) is 13.2 Å². The van der Waals surface area contributed by atoms with E-state index in [2.05, 4.69) is 24.8 Å². The summed E-state index contributed by atoms with van der Waals surface area (Å²) in [4.78, 5) is 18.6. The third kappa shape index (κ3) is 3.51. The fraction of sp³-hybridized carbons (Fsp3) is 0.412. The van der Waals surface area contributed by atoms with Gasteiger partial charge in [-0.05, 0) is 12.5 Å². The van der Waals surface area contributed by atoms with Crippen molar-refractivity contribution in [1.29, 1.82) is 0 Å². The minimum Gasteiger partial charge on any atom is -0.477 e. The molecule has 4 rings (SSSR count). The Bertz CT molecular complexity index is 957. The second-order valence-corrected chi connectivity index (χ2v) is 6.50. The van der Waals surface area contributed by atoms with Crippen molar-refractivity contribution < 1.29 is 17.9 Å². The summed E-state index contributed by atoms with van der Waals surface area (Å²) in [6.45, 7) is 1.75. The Labute approximate surface area is 152 Å². The largest absolute Gasteiger partial charge is 0.477 e. The number of hydrogen-bond donors (Lipinski definition) is 0. The Morgan fingerprint density at radius 2 is 2.07 bits per heavy atom. The average Bonchev–Trinajstić information content (AvgIpc) is 3.27. The van der Waals surface area contributed by atoms with E-state index in [1.165, 1.54) is 18.5 Å². The number of hydrogen-bond acceptors (Lipinski definition) is 6. The Morgan fingerprint density at radius 3 is 2.89 bits per heavy atom. The maximum absolute atomic E-state index is 12.7. The lowest BCUT2D eigenvalue weighted by Crippen LogP contribution is -2.23. The van der Waals surface area contributed by atoms with Gasteiger partial charge in [0.25, 0.3) is 0 Å². The number of rotatable bonds is 4. The van der Waals surface area contributed by atoms with Crippen LogP contribution in [-0.2, 0) is 13.2 Å². The Hall–Kier alpha value is -2.91. The topological polar surface area (TPSA) is 69.0 Å². The van der Waals surface area contributed by atoms with Crippen molar-refractivity contribution in [3.63, 3.8) is 0 Å². The number of ether oxygens (including phenoxy) is 1. The van der Waals surface area contributed by atoms with Gasteiger partial charge < -0.3 is 14.2 Å². The first-order valence-corrected chi connectivity index (χ1v) is 8.46. The molecule has 3 aromatic heterocycles. The first-order chi connectivity index (χ1) is 12.9. The number of aromatic nitrogens is 5. The molecule has 142 valence electrons. The predicted molar refractivity (Wildman–Crippen MR) is 91.4 cm³/mol. The van der Waals surface area contributed by atoms with Gasteiger partial charge in [0, 0.05) is 32.1 Å². The highest BCUT2D eigenvalue weighted by Crippen LogP contribution is 2.30. The lowest BCUT2D eigenvalue weighted by atomic mass is 10.1. The molecule has 1 atom stereocenters. The van der Waals surface area contributed by atoms with Crippen LogP contribution in [0.3, 0.4) is 0 Å². The number of fused-ring (bicyclic) bond motifs is 1.